The summed E-state index contributed by atoms with van der Waals surface area (Å²) in [7, 11) is 0. The molecule has 0 saturated carbocycles. The number of carbonyl (C=O) groups excluding carboxylic acids is 1. The van der Waals surface area contributed by atoms with E-state index < -0.39 is 0 Å². The zero-order valence-electron chi connectivity index (χ0n) is 12.0. The van der Waals surface area contributed by atoms with Gasteiger partial charge in [0.25, 0.3) is 5.91 Å². The zero-order chi connectivity index (χ0) is 16.1. The summed E-state index contributed by atoms with van der Waals surface area (Å²) >= 11 is 12.0. The summed E-state index contributed by atoms with van der Waals surface area (Å²) in [5, 5.41) is 3.37. The largest absolute Gasteiger partial charge is 0.494 e. The van der Waals surface area contributed by atoms with Crippen LogP contribution in [0.1, 0.15) is 23.7 Å². The average molecular weight is 339 g/mol. The van der Waals surface area contributed by atoms with E-state index >= 15 is 0 Å². The van der Waals surface area contributed by atoms with Gasteiger partial charge in [-0.3, -0.25) is 4.79 Å². The van der Waals surface area contributed by atoms with Crippen molar-refractivity contribution in [2.45, 2.75) is 13.3 Å². The van der Waals surface area contributed by atoms with Crippen molar-refractivity contribution in [3.8, 4) is 5.75 Å². The molecular weight excluding hydrogens is 323 g/mol. The summed E-state index contributed by atoms with van der Waals surface area (Å²) in [5.74, 6) is 0.348. The van der Waals surface area contributed by atoms with Crippen LogP contribution >= 0.6 is 23.2 Å². The Morgan fingerprint density at radius 3 is 2.73 bits per heavy atom. The molecule has 0 saturated heterocycles. The average Bonchev–Trinajstić information content (AvgIpc) is 2.50. The number of nitrogens with two attached hydrogens (primary N) is 1. The SMILES string of the molecule is CCCOc1cccc(C(=O)Nc2cc(Cl)c(N)cc2Cl)c1. The van der Waals surface area contributed by atoms with Gasteiger partial charge in [-0.25, -0.2) is 0 Å². The monoisotopic (exact) mass is 338 g/mol. The van der Waals surface area contributed by atoms with Crippen LogP contribution in [0.3, 0.4) is 0 Å². The summed E-state index contributed by atoms with van der Waals surface area (Å²) in [5.41, 5.74) is 6.89. The molecule has 0 aliphatic heterocycles. The molecule has 4 nitrogen and oxygen atoms in total. The van der Waals surface area contributed by atoms with Gasteiger partial charge in [-0.15, -0.1) is 0 Å². The van der Waals surface area contributed by atoms with Gasteiger partial charge in [-0.2, -0.15) is 0 Å². The Hall–Kier alpha value is -1.91. The Morgan fingerprint density at radius 1 is 1.23 bits per heavy atom. The first-order valence-electron chi connectivity index (χ1n) is 6.80. The molecule has 3 N–H and O–H groups in total. The van der Waals surface area contributed by atoms with Crippen molar-refractivity contribution in [1.29, 1.82) is 0 Å². The second kappa shape index (κ2) is 7.38. The van der Waals surface area contributed by atoms with Crippen molar-refractivity contribution in [3.05, 3.63) is 52.0 Å². The lowest BCUT2D eigenvalue weighted by atomic mass is 10.2. The van der Waals surface area contributed by atoms with E-state index in [0.717, 1.165) is 6.42 Å². The lowest BCUT2D eigenvalue weighted by Crippen LogP contribution is -2.12. The number of halogens is 2. The van der Waals surface area contributed by atoms with Crippen LogP contribution in [0.15, 0.2) is 36.4 Å². The predicted octanol–water partition coefficient (Wildman–Crippen LogP) is 4.62. The molecule has 2 aromatic rings. The number of rotatable bonds is 5. The van der Waals surface area contributed by atoms with Crippen LogP contribution in [-0.4, -0.2) is 12.5 Å². The first-order valence-corrected chi connectivity index (χ1v) is 7.55. The van der Waals surface area contributed by atoms with E-state index in [9.17, 15) is 4.79 Å². The highest BCUT2D eigenvalue weighted by atomic mass is 35.5. The molecule has 1 amide bonds. The van der Waals surface area contributed by atoms with Gasteiger partial charge in [0.15, 0.2) is 0 Å². The van der Waals surface area contributed by atoms with Gasteiger partial charge in [-0.1, -0.05) is 36.2 Å². The molecule has 22 heavy (non-hydrogen) atoms. The molecular formula is C16H16Cl2N2O2. The number of anilines is 2. The van der Waals surface area contributed by atoms with E-state index in [0.29, 0.717) is 39.3 Å². The predicted molar refractivity (Wildman–Crippen MR) is 91.1 cm³/mol. The number of nitrogen functional groups attached to an aromatic ring is 1. The number of amides is 1. The Bertz CT molecular complexity index is 690. The van der Waals surface area contributed by atoms with Gasteiger partial charge >= 0.3 is 0 Å². The van der Waals surface area contributed by atoms with E-state index in [4.69, 9.17) is 33.7 Å². The van der Waals surface area contributed by atoms with E-state index in [-0.39, 0.29) is 5.91 Å². The maximum absolute atomic E-state index is 12.3. The lowest BCUT2D eigenvalue weighted by Gasteiger charge is -2.10. The molecule has 2 aromatic carbocycles. The third-order valence-corrected chi connectivity index (χ3v) is 3.54. The van der Waals surface area contributed by atoms with E-state index in [1.807, 2.05) is 6.92 Å². The molecule has 0 fully saturated rings. The topological polar surface area (TPSA) is 64.3 Å². The molecule has 0 aliphatic rings. The Kier molecular flexibility index (Phi) is 5.52. The Labute approximate surface area is 139 Å². The Morgan fingerprint density at radius 2 is 2.00 bits per heavy atom. The van der Waals surface area contributed by atoms with Gasteiger partial charge in [-0.05, 0) is 36.8 Å². The molecule has 0 aliphatic carbocycles. The zero-order valence-corrected chi connectivity index (χ0v) is 13.5. The summed E-state index contributed by atoms with van der Waals surface area (Å²) < 4.78 is 5.51. The van der Waals surface area contributed by atoms with Gasteiger partial charge in [0, 0.05) is 5.56 Å². The van der Waals surface area contributed by atoms with Crippen LogP contribution in [-0.2, 0) is 0 Å². The quantitative estimate of drug-likeness (QED) is 0.782. The maximum atomic E-state index is 12.3. The van der Waals surface area contributed by atoms with Gasteiger partial charge in [0.2, 0.25) is 0 Å². The fraction of sp³-hybridized carbons (Fsp3) is 0.188. The van der Waals surface area contributed by atoms with E-state index in [2.05, 4.69) is 5.32 Å². The fourth-order valence-electron chi connectivity index (χ4n) is 1.80. The van der Waals surface area contributed by atoms with Crippen LogP contribution in [0, 0.1) is 0 Å². The van der Waals surface area contributed by atoms with Crippen molar-refractivity contribution in [1.82, 2.24) is 0 Å². The van der Waals surface area contributed by atoms with Gasteiger partial charge < -0.3 is 15.8 Å². The number of hydrogen-bond donors (Lipinski definition) is 2. The van der Waals surface area contributed by atoms with E-state index in [1.54, 1.807) is 24.3 Å². The minimum absolute atomic E-state index is 0.301. The molecule has 6 heteroatoms. The van der Waals surface area contributed by atoms with Crippen molar-refractivity contribution in [3.63, 3.8) is 0 Å². The molecule has 0 unspecified atom stereocenters. The van der Waals surface area contributed by atoms with Gasteiger partial charge in [0.1, 0.15) is 5.75 Å². The summed E-state index contributed by atoms with van der Waals surface area (Å²) in [6.45, 7) is 2.62. The van der Waals surface area contributed by atoms with Crippen LogP contribution < -0.4 is 15.8 Å². The number of carbonyl (C=O) groups is 1. The molecule has 0 aromatic heterocycles. The van der Waals surface area contributed by atoms with E-state index in [1.165, 1.54) is 12.1 Å². The van der Waals surface area contributed by atoms with Crippen LogP contribution in [0.5, 0.6) is 5.75 Å². The summed E-state index contributed by atoms with van der Waals surface area (Å²) in [6.07, 6.45) is 0.899. The molecule has 116 valence electrons. The second-order valence-corrected chi connectivity index (χ2v) is 5.50. The summed E-state index contributed by atoms with van der Waals surface area (Å²) in [4.78, 5) is 12.3. The van der Waals surface area contributed by atoms with Crippen molar-refractivity contribution in [2.75, 3.05) is 17.7 Å². The first kappa shape index (κ1) is 16.5. The maximum Gasteiger partial charge on any atom is 0.255 e. The number of nitrogens with one attached hydrogen (secondary N) is 1. The highest BCUT2D eigenvalue weighted by Gasteiger charge is 2.11. The van der Waals surface area contributed by atoms with Crippen LogP contribution in [0.4, 0.5) is 11.4 Å². The summed E-state index contributed by atoms with van der Waals surface area (Å²) in [6, 6.07) is 9.96. The van der Waals surface area contributed by atoms with Crippen molar-refractivity contribution < 1.29 is 9.53 Å². The van der Waals surface area contributed by atoms with Crippen LogP contribution in [0.2, 0.25) is 10.0 Å². The fourth-order valence-corrected chi connectivity index (χ4v) is 2.18. The molecule has 2 rings (SSSR count). The highest BCUT2D eigenvalue weighted by molar-refractivity contribution is 6.37. The molecule has 0 atom stereocenters. The Balaban J connectivity index is 2.17. The highest BCUT2D eigenvalue weighted by Crippen LogP contribution is 2.31. The molecule has 0 heterocycles. The van der Waals surface area contributed by atoms with Crippen molar-refractivity contribution in [2.24, 2.45) is 0 Å². The lowest BCUT2D eigenvalue weighted by molar-refractivity contribution is 0.102. The minimum Gasteiger partial charge on any atom is -0.494 e. The minimum atomic E-state index is -0.301. The van der Waals surface area contributed by atoms with Crippen molar-refractivity contribution >= 4 is 40.5 Å². The van der Waals surface area contributed by atoms with Gasteiger partial charge in [0.05, 0.1) is 28.0 Å². The second-order valence-electron chi connectivity index (χ2n) is 4.68. The van der Waals surface area contributed by atoms with Crippen LogP contribution in [0.25, 0.3) is 0 Å². The molecule has 0 radical (unpaired) electrons. The first-order chi connectivity index (χ1) is 10.5. The number of benzene rings is 2. The third-order valence-electron chi connectivity index (χ3n) is 2.90. The number of ether oxygens (including phenoxy) is 1. The molecule has 0 bridgehead atoms. The molecule has 0 spiro atoms. The number of hydrogen-bond acceptors (Lipinski definition) is 3. The normalized spacial score (nSPS) is 10.3. The standard InChI is InChI=1S/C16H16Cl2N2O2/c1-2-6-22-11-5-3-4-10(7-11)16(21)20-15-9-12(17)14(19)8-13(15)18/h3-5,7-9H,2,6,19H2,1H3,(H,20,21). The smallest absolute Gasteiger partial charge is 0.255 e. The third kappa shape index (κ3) is 4.06.